The highest BCUT2D eigenvalue weighted by Crippen LogP contribution is 2.23. The maximum Gasteiger partial charge on any atom is 0.349 e. The highest BCUT2D eigenvalue weighted by molar-refractivity contribution is 6.24. The van der Waals surface area contributed by atoms with Gasteiger partial charge in [-0.2, -0.15) is 15.2 Å². The molecule has 0 fully saturated rings. The minimum atomic E-state index is -0.680. The average Bonchev–Trinajstić information content (AvgIpc) is 2.77. The topological polar surface area (TPSA) is 111 Å². The summed E-state index contributed by atoms with van der Waals surface area (Å²) in [6.45, 7) is 0.179. The first kappa shape index (κ1) is 19.0. The monoisotopic (exact) mass is 396 g/mol. The predicted molar refractivity (Wildman–Crippen MR) is 112 cm³/mol. The van der Waals surface area contributed by atoms with Crippen molar-refractivity contribution >= 4 is 29.3 Å². The van der Waals surface area contributed by atoms with Gasteiger partial charge in [-0.05, 0) is 29.8 Å². The summed E-state index contributed by atoms with van der Waals surface area (Å²) < 4.78 is 0. The molecule has 1 aliphatic carbocycles. The number of benzene rings is 1. The lowest BCUT2D eigenvalue weighted by Crippen LogP contribution is -2.46. The van der Waals surface area contributed by atoms with Crippen LogP contribution in [0.1, 0.15) is 11.1 Å². The number of hydrogen-bond donors (Lipinski definition) is 1. The van der Waals surface area contributed by atoms with Crippen LogP contribution in [-0.4, -0.2) is 33.5 Å². The van der Waals surface area contributed by atoms with Gasteiger partial charge >= 0.3 is 12.1 Å². The maximum absolute atomic E-state index is 12.7. The van der Waals surface area contributed by atoms with E-state index in [4.69, 9.17) is 0 Å². The Morgan fingerprint density at radius 2 is 2.10 bits per heavy atom. The summed E-state index contributed by atoms with van der Waals surface area (Å²) in [5.41, 5.74) is 1.97. The Hall–Kier alpha value is -4.38. The molecule has 2 heterocycles. The summed E-state index contributed by atoms with van der Waals surface area (Å²) >= 11 is 0. The van der Waals surface area contributed by atoms with Gasteiger partial charge in [0.05, 0.1) is 29.4 Å². The Labute approximate surface area is 172 Å². The molecule has 4 amide bonds. The predicted octanol–water partition coefficient (Wildman–Crippen LogP) is 3.70. The van der Waals surface area contributed by atoms with Crippen LogP contribution in [0.2, 0.25) is 0 Å². The van der Waals surface area contributed by atoms with Gasteiger partial charge in [-0.1, -0.05) is 36.4 Å². The van der Waals surface area contributed by atoms with Crippen LogP contribution in [0.5, 0.6) is 0 Å². The number of amidine groups is 1. The number of urea groups is 2. The number of nitrogens with one attached hydrogen (secondary N) is 1. The second-order valence-electron chi connectivity index (χ2n) is 6.55. The number of fused-ring (bicyclic) bond motifs is 1. The highest BCUT2D eigenvalue weighted by Gasteiger charge is 2.34. The fourth-order valence-electron chi connectivity index (χ4n) is 3.18. The molecule has 0 bridgehead atoms. The zero-order valence-corrected chi connectivity index (χ0v) is 15.8. The number of aliphatic imine (C=N–C) groups is 2. The molecule has 2 aromatic rings. The number of rotatable bonds is 3. The van der Waals surface area contributed by atoms with Crippen LogP contribution >= 0.6 is 0 Å². The molecule has 1 unspecified atom stereocenters. The van der Waals surface area contributed by atoms with Crippen molar-refractivity contribution in [3.63, 3.8) is 0 Å². The Balaban J connectivity index is 1.68. The molecule has 4 rings (SSSR count). The van der Waals surface area contributed by atoms with Gasteiger partial charge in [0.15, 0.2) is 0 Å². The normalized spacial score (nSPS) is 18.6. The number of nitrogens with zero attached hydrogens (tertiary/aromatic N) is 5. The van der Waals surface area contributed by atoms with Crippen LogP contribution in [0.15, 0.2) is 83.1 Å². The third kappa shape index (κ3) is 3.91. The lowest BCUT2D eigenvalue weighted by molar-refractivity contribution is 0.226. The van der Waals surface area contributed by atoms with Gasteiger partial charge in [-0.3, -0.25) is 9.88 Å². The van der Waals surface area contributed by atoms with Crippen molar-refractivity contribution in [1.82, 2.24) is 9.88 Å². The number of nitriles is 1. The number of amides is 4. The molecule has 0 saturated carbocycles. The lowest BCUT2D eigenvalue weighted by Gasteiger charge is -2.31. The molecule has 0 radical (unpaired) electrons. The largest absolute Gasteiger partial charge is 0.349 e. The molecule has 1 N–H and O–H groups in total. The smallest absolute Gasteiger partial charge is 0.305 e. The molecule has 0 saturated heterocycles. The van der Waals surface area contributed by atoms with Crippen molar-refractivity contribution in [2.75, 3.05) is 5.32 Å². The number of aromatic nitrogens is 1. The minimum absolute atomic E-state index is 0.179. The summed E-state index contributed by atoms with van der Waals surface area (Å²) in [6, 6.07) is 11.1. The molecule has 1 aliphatic heterocycles. The van der Waals surface area contributed by atoms with Gasteiger partial charge in [0.1, 0.15) is 11.9 Å². The molecule has 8 nitrogen and oxygen atoms in total. The molecule has 1 aromatic carbocycles. The van der Waals surface area contributed by atoms with Crippen molar-refractivity contribution in [3.05, 3.63) is 84.2 Å². The first-order valence-corrected chi connectivity index (χ1v) is 9.18. The fraction of sp³-hybridized carbons (Fsp3) is 0.0909. The van der Waals surface area contributed by atoms with Crippen molar-refractivity contribution < 1.29 is 9.59 Å². The van der Waals surface area contributed by atoms with Crippen LogP contribution in [0.4, 0.5) is 15.3 Å². The van der Waals surface area contributed by atoms with E-state index in [1.54, 1.807) is 54.9 Å². The lowest BCUT2D eigenvalue weighted by atomic mass is 9.94. The second-order valence-corrected chi connectivity index (χ2v) is 6.55. The highest BCUT2D eigenvalue weighted by atomic mass is 16.2. The number of anilines is 1. The van der Waals surface area contributed by atoms with E-state index in [2.05, 4.69) is 20.3 Å². The van der Waals surface area contributed by atoms with Crippen LogP contribution in [0.3, 0.4) is 0 Å². The molecular formula is C22H16N6O2. The maximum atomic E-state index is 12.7. The molecule has 1 atom stereocenters. The van der Waals surface area contributed by atoms with E-state index in [0.29, 0.717) is 17.0 Å². The number of carbonyl (C=O) groups excluding carboxylic acids is 2. The number of pyridine rings is 1. The van der Waals surface area contributed by atoms with Crippen molar-refractivity contribution in [1.29, 1.82) is 5.26 Å². The molecule has 2 aliphatic rings. The van der Waals surface area contributed by atoms with Crippen LogP contribution in [0, 0.1) is 17.2 Å². The Morgan fingerprint density at radius 1 is 1.23 bits per heavy atom. The summed E-state index contributed by atoms with van der Waals surface area (Å²) in [7, 11) is 0. The molecule has 1 aromatic heterocycles. The van der Waals surface area contributed by atoms with E-state index >= 15 is 0 Å². The van der Waals surface area contributed by atoms with Crippen LogP contribution in [0.25, 0.3) is 0 Å². The second kappa shape index (κ2) is 8.32. The zero-order valence-electron chi connectivity index (χ0n) is 15.8. The van der Waals surface area contributed by atoms with Gasteiger partial charge in [0.25, 0.3) is 0 Å². The van der Waals surface area contributed by atoms with Crippen molar-refractivity contribution in [2.24, 2.45) is 15.9 Å². The van der Waals surface area contributed by atoms with E-state index in [-0.39, 0.29) is 12.4 Å². The SMILES string of the molecule is N#Cc1ccccc1NC(=O)/N=C1\C2C=CC=CC2=NC(=O)N1Cc1cccnc1. The molecule has 0 spiro atoms. The quantitative estimate of drug-likeness (QED) is 0.852. The van der Waals surface area contributed by atoms with Gasteiger partial charge in [0.2, 0.25) is 0 Å². The van der Waals surface area contributed by atoms with E-state index in [1.165, 1.54) is 4.90 Å². The molecule has 8 heteroatoms. The molecule has 146 valence electrons. The standard InChI is InChI=1S/C22H16N6O2/c23-12-16-7-1-3-9-18(16)25-21(29)27-20-17-8-2-4-10-19(17)26-22(30)28(20)14-15-6-5-11-24-13-15/h1-11,13,17H,14H2,(H,25,29)/b27-20+. The van der Waals surface area contributed by atoms with Gasteiger partial charge < -0.3 is 5.32 Å². The Bertz CT molecular complexity index is 1160. The van der Waals surface area contributed by atoms with Crippen LogP contribution in [-0.2, 0) is 6.54 Å². The molecule has 30 heavy (non-hydrogen) atoms. The van der Waals surface area contributed by atoms with Gasteiger partial charge in [-0.15, -0.1) is 0 Å². The van der Waals surface area contributed by atoms with Crippen LogP contribution < -0.4 is 5.32 Å². The summed E-state index contributed by atoms with van der Waals surface area (Å²) in [5.74, 6) is -0.164. The first-order chi connectivity index (χ1) is 14.7. The minimum Gasteiger partial charge on any atom is -0.305 e. The van der Waals surface area contributed by atoms with E-state index < -0.39 is 18.0 Å². The zero-order chi connectivity index (χ0) is 20.9. The van der Waals surface area contributed by atoms with Crippen molar-refractivity contribution in [2.45, 2.75) is 6.54 Å². The average molecular weight is 396 g/mol. The van der Waals surface area contributed by atoms with Gasteiger partial charge in [0, 0.05) is 12.4 Å². The van der Waals surface area contributed by atoms with Crippen molar-refractivity contribution in [3.8, 4) is 6.07 Å². The first-order valence-electron chi connectivity index (χ1n) is 9.18. The number of allylic oxidation sites excluding steroid dienone is 3. The number of para-hydroxylation sites is 1. The number of hydrogen-bond acceptors (Lipinski definition) is 4. The summed E-state index contributed by atoms with van der Waals surface area (Å²) in [5, 5.41) is 11.8. The summed E-state index contributed by atoms with van der Waals surface area (Å²) in [6.07, 6.45) is 10.4. The Kier molecular flexibility index (Phi) is 5.26. The molecular weight excluding hydrogens is 380 g/mol. The third-order valence-electron chi connectivity index (χ3n) is 4.58. The van der Waals surface area contributed by atoms with Gasteiger partial charge in [-0.25, -0.2) is 9.59 Å². The third-order valence-corrected chi connectivity index (χ3v) is 4.58. The number of carbonyl (C=O) groups is 2. The summed E-state index contributed by atoms with van der Waals surface area (Å²) in [4.78, 5) is 39.2. The fourth-order valence-corrected chi connectivity index (χ4v) is 3.18. The van der Waals surface area contributed by atoms with E-state index in [9.17, 15) is 14.9 Å². The van der Waals surface area contributed by atoms with E-state index in [0.717, 1.165) is 5.56 Å². The Morgan fingerprint density at radius 3 is 2.90 bits per heavy atom. The van der Waals surface area contributed by atoms with E-state index in [1.807, 2.05) is 24.3 Å².